The zero-order chi connectivity index (χ0) is 28.2. The van der Waals surface area contributed by atoms with Gasteiger partial charge in [-0.1, -0.05) is 72.3 Å². The quantitative estimate of drug-likeness (QED) is 0.295. The molecule has 1 aromatic heterocycles. The Bertz CT molecular complexity index is 1830. The fourth-order valence-electron chi connectivity index (χ4n) is 4.56. The summed E-state index contributed by atoms with van der Waals surface area (Å²) < 4.78 is 13.2. The van der Waals surface area contributed by atoms with E-state index in [2.05, 4.69) is 6.07 Å². The van der Waals surface area contributed by atoms with Crippen molar-refractivity contribution in [2.24, 2.45) is 4.99 Å². The number of esters is 1. The van der Waals surface area contributed by atoms with Gasteiger partial charge in [0.2, 0.25) is 0 Å². The number of hydrogen-bond donors (Lipinski definition) is 0. The number of nitriles is 1. The van der Waals surface area contributed by atoms with Crippen LogP contribution in [0.25, 0.3) is 6.08 Å². The Morgan fingerprint density at radius 1 is 1.15 bits per heavy atom. The van der Waals surface area contributed by atoms with Crippen molar-refractivity contribution in [2.45, 2.75) is 26.0 Å². The predicted octanol–water partition coefficient (Wildman–Crippen LogP) is 4.90. The highest BCUT2D eigenvalue weighted by Gasteiger charge is 2.33. The molecule has 3 aromatic carbocycles. The van der Waals surface area contributed by atoms with Crippen LogP contribution in [0.2, 0.25) is 5.02 Å². The standard InChI is InChI=1S/C31H24ClN3O4S/c1-3-24-27(30(37)38-2)28(21-7-5-4-6-8-21)35-29(36)26(40-31(35)34-24)16-22-15-23(32)13-14-25(22)39-18-20-11-9-19(17-33)10-12-20/h4-16,28H,3,18H2,1-2H3/b26-16+/t28-/m1/s1. The summed E-state index contributed by atoms with van der Waals surface area (Å²) in [6.45, 7) is 2.19. The highest BCUT2D eigenvalue weighted by atomic mass is 35.5. The fraction of sp³-hybridized carbons (Fsp3) is 0.161. The van der Waals surface area contributed by atoms with E-state index in [1.807, 2.05) is 49.4 Å². The number of carbonyl (C=O) groups excluding carboxylic acids is 1. The van der Waals surface area contributed by atoms with E-state index in [1.165, 1.54) is 18.4 Å². The summed E-state index contributed by atoms with van der Waals surface area (Å²) in [5, 5.41) is 9.52. The molecule has 0 fully saturated rings. The Morgan fingerprint density at radius 3 is 2.58 bits per heavy atom. The number of thiazole rings is 1. The molecular weight excluding hydrogens is 546 g/mol. The summed E-state index contributed by atoms with van der Waals surface area (Å²) in [7, 11) is 1.33. The van der Waals surface area contributed by atoms with E-state index in [9.17, 15) is 9.59 Å². The molecule has 0 aliphatic carbocycles. The van der Waals surface area contributed by atoms with Gasteiger partial charge in [0.1, 0.15) is 12.4 Å². The van der Waals surface area contributed by atoms with E-state index in [-0.39, 0.29) is 12.2 Å². The molecule has 200 valence electrons. The first-order valence-corrected chi connectivity index (χ1v) is 13.7. The SMILES string of the molecule is CCC1=C(C(=O)OC)[C@@H](c2ccccc2)n2c(s/c(=C/c3cc(Cl)ccc3OCc3ccc(C#N)cc3)c2=O)=N1. The molecule has 0 spiro atoms. The van der Waals surface area contributed by atoms with Crippen molar-refractivity contribution in [1.82, 2.24) is 4.57 Å². The highest BCUT2D eigenvalue weighted by Crippen LogP contribution is 2.32. The largest absolute Gasteiger partial charge is 0.488 e. The summed E-state index contributed by atoms with van der Waals surface area (Å²) in [4.78, 5) is 32.0. The van der Waals surface area contributed by atoms with E-state index in [0.29, 0.717) is 48.9 Å². The number of ether oxygens (including phenoxy) is 2. The van der Waals surface area contributed by atoms with E-state index >= 15 is 0 Å². The Hall–Kier alpha value is -4.45. The Morgan fingerprint density at radius 2 is 1.90 bits per heavy atom. The van der Waals surface area contributed by atoms with Crippen molar-refractivity contribution in [3.8, 4) is 11.8 Å². The number of hydrogen-bond acceptors (Lipinski definition) is 7. The molecule has 0 bridgehead atoms. The van der Waals surface area contributed by atoms with E-state index in [1.54, 1.807) is 41.0 Å². The number of aromatic nitrogens is 1. The Labute approximate surface area is 239 Å². The molecule has 40 heavy (non-hydrogen) atoms. The van der Waals surface area contributed by atoms with Crippen LogP contribution < -0.4 is 19.6 Å². The molecule has 0 radical (unpaired) electrons. The highest BCUT2D eigenvalue weighted by molar-refractivity contribution is 7.07. The van der Waals surface area contributed by atoms with Gasteiger partial charge >= 0.3 is 5.97 Å². The molecule has 2 heterocycles. The van der Waals surface area contributed by atoms with Crippen molar-refractivity contribution < 1.29 is 14.3 Å². The van der Waals surface area contributed by atoms with Gasteiger partial charge in [-0.15, -0.1) is 0 Å². The first-order valence-electron chi connectivity index (χ1n) is 12.5. The van der Waals surface area contributed by atoms with E-state index in [0.717, 1.165) is 11.1 Å². The Kier molecular flexibility index (Phi) is 7.96. The van der Waals surface area contributed by atoms with Gasteiger partial charge in [0.05, 0.1) is 40.6 Å². The minimum Gasteiger partial charge on any atom is -0.488 e. The number of allylic oxidation sites excluding steroid dienone is 1. The molecule has 4 aromatic rings. The zero-order valence-electron chi connectivity index (χ0n) is 21.8. The van der Waals surface area contributed by atoms with Crippen LogP contribution >= 0.6 is 22.9 Å². The third kappa shape index (κ3) is 5.34. The van der Waals surface area contributed by atoms with Crippen LogP contribution in [0.3, 0.4) is 0 Å². The molecule has 9 heteroatoms. The van der Waals surface area contributed by atoms with Gasteiger partial charge in [-0.25, -0.2) is 9.79 Å². The number of benzene rings is 3. The van der Waals surface area contributed by atoms with Gasteiger partial charge < -0.3 is 9.47 Å². The molecule has 1 aliphatic rings. The van der Waals surface area contributed by atoms with Crippen LogP contribution in [0.4, 0.5) is 0 Å². The molecule has 0 N–H and O–H groups in total. The summed E-state index contributed by atoms with van der Waals surface area (Å²) in [5.74, 6) is 0.0285. The first kappa shape index (κ1) is 27.1. The minimum atomic E-state index is -0.673. The number of carbonyl (C=O) groups is 1. The second-order valence-electron chi connectivity index (χ2n) is 8.98. The number of halogens is 1. The van der Waals surface area contributed by atoms with Crippen LogP contribution in [0.15, 0.2) is 93.9 Å². The molecule has 5 rings (SSSR count). The van der Waals surface area contributed by atoms with Gasteiger partial charge in [0.25, 0.3) is 5.56 Å². The third-order valence-corrected chi connectivity index (χ3v) is 7.72. The monoisotopic (exact) mass is 569 g/mol. The number of methoxy groups -OCH3 is 1. The van der Waals surface area contributed by atoms with Crippen LogP contribution in [-0.2, 0) is 16.1 Å². The van der Waals surface area contributed by atoms with E-state index < -0.39 is 12.0 Å². The maximum atomic E-state index is 13.9. The maximum Gasteiger partial charge on any atom is 0.338 e. The van der Waals surface area contributed by atoms with E-state index in [4.69, 9.17) is 31.3 Å². The lowest BCUT2D eigenvalue weighted by atomic mass is 9.95. The van der Waals surface area contributed by atoms with Crippen molar-refractivity contribution in [1.29, 1.82) is 5.26 Å². The summed E-state index contributed by atoms with van der Waals surface area (Å²) >= 11 is 7.56. The fourth-order valence-corrected chi connectivity index (χ4v) is 5.75. The second-order valence-corrected chi connectivity index (χ2v) is 10.4. The average molecular weight is 570 g/mol. The first-order chi connectivity index (χ1) is 19.4. The van der Waals surface area contributed by atoms with Gasteiger partial charge in [-0.3, -0.25) is 9.36 Å². The van der Waals surface area contributed by atoms with Crippen molar-refractivity contribution in [3.05, 3.63) is 131 Å². The van der Waals surface area contributed by atoms with Crippen LogP contribution in [0.5, 0.6) is 5.75 Å². The van der Waals surface area contributed by atoms with Crippen molar-refractivity contribution >= 4 is 35.0 Å². The molecule has 1 aliphatic heterocycles. The van der Waals surface area contributed by atoms with Gasteiger partial charge in [0.15, 0.2) is 4.80 Å². The maximum absolute atomic E-state index is 13.9. The van der Waals surface area contributed by atoms with Gasteiger partial charge in [0, 0.05) is 10.6 Å². The van der Waals surface area contributed by atoms with Crippen molar-refractivity contribution in [2.75, 3.05) is 7.11 Å². The van der Waals surface area contributed by atoms with Gasteiger partial charge in [-0.05, 0) is 54.0 Å². The van der Waals surface area contributed by atoms with Crippen LogP contribution in [0.1, 0.15) is 41.6 Å². The molecule has 0 saturated carbocycles. The lowest BCUT2D eigenvalue weighted by molar-refractivity contribution is -0.136. The molecule has 0 amide bonds. The molecule has 1 atom stereocenters. The summed E-state index contributed by atoms with van der Waals surface area (Å²) in [6.07, 6.45) is 2.24. The topological polar surface area (TPSA) is 93.7 Å². The minimum absolute atomic E-state index is 0.270. The van der Waals surface area contributed by atoms with Crippen LogP contribution in [0, 0.1) is 11.3 Å². The second kappa shape index (κ2) is 11.7. The summed E-state index contributed by atoms with van der Waals surface area (Å²) in [6, 6.07) is 23.2. The molecular formula is C31H24ClN3O4S. The Balaban J connectivity index is 1.61. The van der Waals surface area contributed by atoms with Crippen molar-refractivity contribution in [3.63, 3.8) is 0 Å². The third-order valence-electron chi connectivity index (χ3n) is 6.50. The van der Waals surface area contributed by atoms with Gasteiger partial charge in [-0.2, -0.15) is 5.26 Å². The molecule has 0 saturated heterocycles. The zero-order valence-corrected chi connectivity index (χ0v) is 23.3. The number of nitrogens with zero attached hydrogens (tertiary/aromatic N) is 3. The lowest BCUT2D eigenvalue weighted by Crippen LogP contribution is -2.40. The number of rotatable bonds is 7. The lowest BCUT2D eigenvalue weighted by Gasteiger charge is -2.25. The normalized spacial score (nSPS) is 14.8. The molecule has 0 unspecified atom stereocenters. The smallest absolute Gasteiger partial charge is 0.338 e. The van der Waals surface area contributed by atoms with Crippen LogP contribution in [-0.4, -0.2) is 17.6 Å². The number of fused-ring (bicyclic) bond motifs is 1. The average Bonchev–Trinajstić information content (AvgIpc) is 3.30. The molecule has 7 nitrogen and oxygen atoms in total. The summed E-state index contributed by atoms with van der Waals surface area (Å²) in [5.41, 5.74) is 3.53. The predicted molar refractivity (Wildman–Crippen MR) is 154 cm³/mol.